The van der Waals surface area contributed by atoms with E-state index >= 15 is 0 Å². The van der Waals surface area contributed by atoms with E-state index in [1.54, 1.807) is 18.7 Å². The molecule has 2 rings (SSSR count). The van der Waals surface area contributed by atoms with Gasteiger partial charge in [-0.15, -0.1) is 0 Å². The summed E-state index contributed by atoms with van der Waals surface area (Å²) in [6.45, 7) is 3.77. The van der Waals surface area contributed by atoms with Gasteiger partial charge in [0.15, 0.2) is 0 Å². The number of hydrogen-bond donors (Lipinski definition) is 2. The van der Waals surface area contributed by atoms with Gasteiger partial charge in [0.25, 0.3) is 0 Å². The Morgan fingerprint density at radius 2 is 2.05 bits per heavy atom. The van der Waals surface area contributed by atoms with E-state index in [1.807, 2.05) is 24.3 Å². The predicted molar refractivity (Wildman–Crippen MR) is 72.2 cm³/mol. The van der Waals surface area contributed by atoms with E-state index in [0.29, 0.717) is 6.54 Å². The first-order valence-electron chi connectivity index (χ1n) is 6.28. The Morgan fingerprint density at radius 3 is 2.74 bits per heavy atom. The van der Waals surface area contributed by atoms with Crippen molar-refractivity contribution in [3.05, 3.63) is 29.8 Å². The lowest BCUT2D eigenvalue weighted by Gasteiger charge is -2.23. The number of amides is 1. The molecule has 0 saturated heterocycles. The van der Waals surface area contributed by atoms with Gasteiger partial charge < -0.3 is 10.0 Å². The van der Waals surface area contributed by atoms with Gasteiger partial charge in [-0.25, -0.2) is 0 Å². The van der Waals surface area contributed by atoms with Crippen LogP contribution in [0, 0.1) is 0 Å². The normalized spacial score (nSPS) is 14.3. The SMILES string of the molecule is CC(C)(NCC(=O)N1CCc2ccccc21)C(=O)O. The molecule has 0 spiro atoms. The molecule has 19 heavy (non-hydrogen) atoms. The van der Waals surface area contributed by atoms with Crippen molar-refractivity contribution < 1.29 is 14.7 Å². The molecule has 0 aromatic heterocycles. The molecule has 1 aromatic rings. The standard InChI is InChI=1S/C14H18N2O3/c1-14(2,13(18)19)15-9-12(17)16-8-7-10-5-3-4-6-11(10)16/h3-6,15H,7-9H2,1-2H3,(H,18,19). The molecule has 2 N–H and O–H groups in total. The summed E-state index contributed by atoms with van der Waals surface area (Å²) >= 11 is 0. The topological polar surface area (TPSA) is 69.6 Å². The van der Waals surface area contributed by atoms with Gasteiger partial charge in [0.05, 0.1) is 6.54 Å². The zero-order valence-electron chi connectivity index (χ0n) is 11.1. The Kier molecular flexibility index (Phi) is 3.57. The number of anilines is 1. The zero-order chi connectivity index (χ0) is 14.0. The van der Waals surface area contributed by atoms with E-state index in [1.165, 1.54) is 0 Å². The summed E-state index contributed by atoms with van der Waals surface area (Å²) in [5.41, 5.74) is 0.991. The predicted octanol–water partition coefficient (Wildman–Crippen LogP) is 1.03. The number of carbonyl (C=O) groups is 2. The number of rotatable bonds is 4. The molecule has 1 aliphatic rings. The average Bonchev–Trinajstić information content (AvgIpc) is 2.79. The Labute approximate surface area is 112 Å². The van der Waals surface area contributed by atoms with E-state index in [9.17, 15) is 9.59 Å². The fourth-order valence-electron chi connectivity index (χ4n) is 2.06. The number of fused-ring (bicyclic) bond motifs is 1. The van der Waals surface area contributed by atoms with E-state index in [-0.39, 0.29) is 12.5 Å². The van der Waals surface area contributed by atoms with Crippen LogP contribution in [0.1, 0.15) is 19.4 Å². The van der Waals surface area contributed by atoms with Gasteiger partial charge in [-0.1, -0.05) is 18.2 Å². The monoisotopic (exact) mass is 262 g/mol. The minimum absolute atomic E-state index is 0.0215. The molecule has 0 aliphatic carbocycles. The third kappa shape index (κ3) is 2.76. The second kappa shape index (κ2) is 5.01. The van der Waals surface area contributed by atoms with Crippen molar-refractivity contribution in [1.82, 2.24) is 5.32 Å². The number of carboxylic acid groups (broad SMARTS) is 1. The Balaban J connectivity index is 2.01. The van der Waals surface area contributed by atoms with E-state index < -0.39 is 11.5 Å². The van der Waals surface area contributed by atoms with Gasteiger partial charge in [-0.05, 0) is 31.9 Å². The van der Waals surface area contributed by atoms with Crippen molar-refractivity contribution in [3.63, 3.8) is 0 Å². The van der Waals surface area contributed by atoms with Crippen LogP contribution in [0.2, 0.25) is 0 Å². The summed E-state index contributed by atoms with van der Waals surface area (Å²) in [6, 6.07) is 7.79. The summed E-state index contributed by atoms with van der Waals surface area (Å²) in [4.78, 5) is 24.8. The molecular formula is C14H18N2O3. The van der Waals surface area contributed by atoms with Crippen molar-refractivity contribution in [3.8, 4) is 0 Å². The van der Waals surface area contributed by atoms with Crippen molar-refractivity contribution >= 4 is 17.6 Å². The quantitative estimate of drug-likeness (QED) is 0.850. The van der Waals surface area contributed by atoms with Crippen LogP contribution >= 0.6 is 0 Å². The molecule has 0 saturated carbocycles. The minimum Gasteiger partial charge on any atom is -0.480 e. The molecule has 0 radical (unpaired) electrons. The van der Waals surface area contributed by atoms with Crippen LogP contribution in [-0.2, 0) is 16.0 Å². The molecule has 0 fully saturated rings. The average molecular weight is 262 g/mol. The van der Waals surface area contributed by atoms with Crippen LogP contribution in [0.5, 0.6) is 0 Å². The molecular weight excluding hydrogens is 244 g/mol. The Hall–Kier alpha value is -1.88. The van der Waals surface area contributed by atoms with Crippen molar-refractivity contribution in [2.24, 2.45) is 0 Å². The zero-order valence-corrected chi connectivity index (χ0v) is 11.1. The van der Waals surface area contributed by atoms with Crippen LogP contribution in [0.4, 0.5) is 5.69 Å². The van der Waals surface area contributed by atoms with Crippen LogP contribution < -0.4 is 10.2 Å². The molecule has 1 heterocycles. The Morgan fingerprint density at radius 1 is 1.37 bits per heavy atom. The Bertz CT molecular complexity index is 511. The third-order valence-electron chi connectivity index (χ3n) is 3.40. The molecule has 1 amide bonds. The maximum atomic E-state index is 12.1. The van der Waals surface area contributed by atoms with Gasteiger partial charge in [0.1, 0.15) is 5.54 Å². The molecule has 1 aliphatic heterocycles. The number of benzene rings is 1. The molecule has 0 atom stereocenters. The molecule has 5 nitrogen and oxygen atoms in total. The van der Waals surface area contributed by atoms with Crippen molar-refractivity contribution in [1.29, 1.82) is 0 Å². The number of para-hydroxylation sites is 1. The van der Waals surface area contributed by atoms with E-state index in [4.69, 9.17) is 5.11 Å². The number of carboxylic acids is 1. The van der Waals surface area contributed by atoms with Gasteiger partial charge >= 0.3 is 5.97 Å². The summed E-state index contributed by atoms with van der Waals surface area (Å²) in [7, 11) is 0. The maximum Gasteiger partial charge on any atom is 0.323 e. The van der Waals surface area contributed by atoms with Gasteiger partial charge in [-0.3, -0.25) is 14.9 Å². The second-order valence-electron chi connectivity index (χ2n) is 5.21. The molecule has 5 heteroatoms. The van der Waals surface area contributed by atoms with E-state index in [2.05, 4.69) is 5.32 Å². The van der Waals surface area contributed by atoms with Crippen LogP contribution in [0.15, 0.2) is 24.3 Å². The summed E-state index contributed by atoms with van der Waals surface area (Å²) in [5.74, 6) is -1.07. The fraction of sp³-hybridized carbons (Fsp3) is 0.429. The molecule has 0 bridgehead atoms. The fourth-order valence-corrected chi connectivity index (χ4v) is 2.06. The number of hydrogen-bond acceptors (Lipinski definition) is 3. The summed E-state index contributed by atoms with van der Waals surface area (Å²) < 4.78 is 0. The van der Waals surface area contributed by atoms with Crippen LogP contribution in [-0.4, -0.2) is 35.6 Å². The summed E-state index contributed by atoms with van der Waals surface area (Å²) in [6.07, 6.45) is 0.851. The van der Waals surface area contributed by atoms with Gasteiger partial charge in [-0.2, -0.15) is 0 Å². The first-order valence-corrected chi connectivity index (χ1v) is 6.28. The molecule has 0 unspecified atom stereocenters. The number of nitrogens with one attached hydrogen (secondary N) is 1. The molecule has 102 valence electrons. The largest absolute Gasteiger partial charge is 0.480 e. The van der Waals surface area contributed by atoms with Gasteiger partial charge in [0.2, 0.25) is 5.91 Å². The maximum absolute atomic E-state index is 12.1. The lowest BCUT2D eigenvalue weighted by Crippen LogP contribution is -2.51. The number of carbonyl (C=O) groups excluding carboxylic acids is 1. The highest BCUT2D eigenvalue weighted by atomic mass is 16.4. The van der Waals surface area contributed by atoms with Gasteiger partial charge in [0, 0.05) is 12.2 Å². The smallest absolute Gasteiger partial charge is 0.323 e. The first-order chi connectivity index (χ1) is 8.92. The number of aliphatic carboxylic acids is 1. The lowest BCUT2D eigenvalue weighted by molar-refractivity contribution is -0.143. The second-order valence-corrected chi connectivity index (χ2v) is 5.21. The van der Waals surface area contributed by atoms with E-state index in [0.717, 1.165) is 17.7 Å². The van der Waals surface area contributed by atoms with Crippen LogP contribution in [0.3, 0.4) is 0 Å². The van der Waals surface area contributed by atoms with Crippen LogP contribution in [0.25, 0.3) is 0 Å². The highest BCUT2D eigenvalue weighted by Gasteiger charge is 2.29. The third-order valence-corrected chi connectivity index (χ3v) is 3.40. The highest BCUT2D eigenvalue weighted by molar-refractivity contribution is 5.97. The number of nitrogens with zero attached hydrogens (tertiary/aromatic N) is 1. The van der Waals surface area contributed by atoms with Crippen molar-refractivity contribution in [2.75, 3.05) is 18.0 Å². The lowest BCUT2D eigenvalue weighted by atomic mass is 10.1. The minimum atomic E-state index is -1.10. The first kappa shape index (κ1) is 13.5. The molecule has 1 aromatic carbocycles. The van der Waals surface area contributed by atoms with Crippen molar-refractivity contribution in [2.45, 2.75) is 25.8 Å². The highest BCUT2D eigenvalue weighted by Crippen LogP contribution is 2.27. The summed E-state index contributed by atoms with van der Waals surface area (Å²) in [5, 5.41) is 11.8.